The maximum atomic E-state index is 12.3. The van der Waals surface area contributed by atoms with Gasteiger partial charge in [-0.15, -0.1) is 0 Å². The topological polar surface area (TPSA) is 99.0 Å². The van der Waals surface area contributed by atoms with Crippen LogP contribution in [0.3, 0.4) is 0 Å². The molecule has 21 heavy (non-hydrogen) atoms. The number of amides is 1. The number of aryl methyl sites for hydroxylation is 2. The van der Waals surface area contributed by atoms with Crippen molar-refractivity contribution in [3.05, 3.63) is 36.0 Å². The highest BCUT2D eigenvalue weighted by atomic mass is 16.3. The quantitative estimate of drug-likeness (QED) is 0.768. The summed E-state index contributed by atoms with van der Waals surface area (Å²) in [5.74, 6) is 0.285. The lowest BCUT2D eigenvalue weighted by atomic mass is 10.2. The molecular weight excluding hydrogens is 270 g/mol. The number of carbonyl (C=O) groups excluding carboxylic acids is 1. The molecular formula is C14H15N5O2. The van der Waals surface area contributed by atoms with Gasteiger partial charge in [-0.2, -0.15) is 5.10 Å². The number of aromatic nitrogens is 3. The summed E-state index contributed by atoms with van der Waals surface area (Å²) in [5, 5.41) is 6.85. The first kappa shape index (κ1) is 13.2. The summed E-state index contributed by atoms with van der Waals surface area (Å²) in [5.41, 5.74) is 8.51. The first-order valence-electron chi connectivity index (χ1n) is 6.58. The summed E-state index contributed by atoms with van der Waals surface area (Å²) >= 11 is 0. The minimum atomic E-state index is -0.300. The van der Waals surface area contributed by atoms with E-state index in [0.717, 1.165) is 0 Å². The fourth-order valence-corrected chi connectivity index (χ4v) is 2.20. The zero-order valence-corrected chi connectivity index (χ0v) is 11.8. The second kappa shape index (κ2) is 4.93. The third kappa shape index (κ3) is 2.33. The Balaban J connectivity index is 1.90. The van der Waals surface area contributed by atoms with Crippen molar-refractivity contribution in [1.82, 2.24) is 14.8 Å². The fourth-order valence-electron chi connectivity index (χ4n) is 2.20. The minimum Gasteiger partial charge on any atom is -0.441 e. The van der Waals surface area contributed by atoms with E-state index in [1.807, 2.05) is 6.92 Å². The Morgan fingerprint density at radius 1 is 1.48 bits per heavy atom. The van der Waals surface area contributed by atoms with Gasteiger partial charge < -0.3 is 15.5 Å². The highest BCUT2D eigenvalue weighted by Crippen LogP contribution is 2.21. The van der Waals surface area contributed by atoms with E-state index < -0.39 is 0 Å². The monoisotopic (exact) mass is 285 g/mol. The van der Waals surface area contributed by atoms with E-state index in [0.29, 0.717) is 40.6 Å². The van der Waals surface area contributed by atoms with Crippen LogP contribution in [0.2, 0.25) is 0 Å². The van der Waals surface area contributed by atoms with Gasteiger partial charge in [0.15, 0.2) is 11.5 Å². The van der Waals surface area contributed by atoms with Crippen LogP contribution < -0.4 is 11.1 Å². The van der Waals surface area contributed by atoms with Gasteiger partial charge in [0.2, 0.25) is 0 Å². The lowest BCUT2D eigenvalue weighted by molar-refractivity contribution is 0.101. The van der Waals surface area contributed by atoms with Crippen LogP contribution in [0.5, 0.6) is 0 Å². The molecule has 7 nitrogen and oxygen atoms in total. The van der Waals surface area contributed by atoms with Gasteiger partial charge in [-0.05, 0) is 25.1 Å². The average molecular weight is 285 g/mol. The molecule has 0 saturated carbocycles. The molecule has 0 aliphatic carbocycles. The van der Waals surface area contributed by atoms with Gasteiger partial charge in [0.1, 0.15) is 11.2 Å². The summed E-state index contributed by atoms with van der Waals surface area (Å²) in [7, 11) is 0. The Morgan fingerprint density at radius 3 is 3.05 bits per heavy atom. The smallest absolute Gasteiger partial charge is 0.276 e. The lowest BCUT2D eigenvalue weighted by Crippen LogP contribution is -2.18. The molecule has 0 fully saturated rings. The molecule has 1 amide bonds. The van der Waals surface area contributed by atoms with E-state index in [1.165, 1.54) is 6.20 Å². The van der Waals surface area contributed by atoms with Gasteiger partial charge >= 0.3 is 0 Å². The second-order valence-corrected chi connectivity index (χ2v) is 4.63. The molecule has 7 heteroatoms. The number of nitrogen functional groups attached to an aromatic ring is 1. The molecule has 108 valence electrons. The molecule has 0 atom stereocenters. The SMILES string of the molecule is CCn1ncc(N)c1C(=O)Nc1ccc2oc(C)nc2c1. The van der Waals surface area contributed by atoms with E-state index in [-0.39, 0.29) is 5.91 Å². The van der Waals surface area contributed by atoms with Crippen molar-refractivity contribution in [2.75, 3.05) is 11.1 Å². The average Bonchev–Trinajstić information content (AvgIpc) is 2.99. The highest BCUT2D eigenvalue weighted by Gasteiger charge is 2.16. The number of oxazole rings is 1. The molecule has 0 aliphatic rings. The van der Waals surface area contributed by atoms with E-state index in [1.54, 1.807) is 29.8 Å². The summed E-state index contributed by atoms with van der Waals surface area (Å²) in [6, 6.07) is 5.28. The number of nitrogens with two attached hydrogens (primary N) is 1. The lowest BCUT2D eigenvalue weighted by Gasteiger charge is -2.07. The minimum absolute atomic E-state index is 0.300. The van der Waals surface area contributed by atoms with Crippen molar-refractivity contribution in [1.29, 1.82) is 0 Å². The van der Waals surface area contributed by atoms with Gasteiger partial charge in [0, 0.05) is 19.2 Å². The van der Waals surface area contributed by atoms with Crippen LogP contribution in [-0.4, -0.2) is 20.7 Å². The predicted molar refractivity (Wildman–Crippen MR) is 79.0 cm³/mol. The van der Waals surface area contributed by atoms with Crippen molar-refractivity contribution < 1.29 is 9.21 Å². The summed E-state index contributed by atoms with van der Waals surface area (Å²) < 4.78 is 6.96. The molecule has 3 rings (SSSR count). The number of hydrogen-bond donors (Lipinski definition) is 2. The van der Waals surface area contributed by atoms with Crippen molar-refractivity contribution in [2.45, 2.75) is 20.4 Å². The molecule has 0 aliphatic heterocycles. The number of carbonyl (C=O) groups is 1. The fraction of sp³-hybridized carbons (Fsp3) is 0.214. The van der Waals surface area contributed by atoms with Crippen molar-refractivity contribution in [3.63, 3.8) is 0 Å². The molecule has 0 bridgehead atoms. The van der Waals surface area contributed by atoms with Gasteiger partial charge in [0.05, 0.1) is 11.9 Å². The zero-order chi connectivity index (χ0) is 15.0. The van der Waals surface area contributed by atoms with Crippen LogP contribution >= 0.6 is 0 Å². The van der Waals surface area contributed by atoms with Gasteiger partial charge in [-0.1, -0.05) is 0 Å². The maximum Gasteiger partial charge on any atom is 0.276 e. The molecule has 0 saturated heterocycles. The molecule has 3 N–H and O–H groups in total. The Hall–Kier alpha value is -2.83. The second-order valence-electron chi connectivity index (χ2n) is 4.63. The van der Waals surface area contributed by atoms with Crippen LogP contribution in [0.1, 0.15) is 23.3 Å². The first-order valence-corrected chi connectivity index (χ1v) is 6.58. The summed E-state index contributed by atoms with van der Waals surface area (Å²) in [6.07, 6.45) is 1.47. The number of fused-ring (bicyclic) bond motifs is 1. The van der Waals surface area contributed by atoms with E-state index in [4.69, 9.17) is 10.2 Å². The normalized spacial score (nSPS) is 11.0. The molecule has 1 aromatic carbocycles. The van der Waals surface area contributed by atoms with Crippen LogP contribution in [0.4, 0.5) is 11.4 Å². The molecule has 0 spiro atoms. The molecule has 3 aromatic rings. The number of anilines is 2. The summed E-state index contributed by atoms with van der Waals surface area (Å²) in [4.78, 5) is 16.6. The van der Waals surface area contributed by atoms with Crippen LogP contribution in [0, 0.1) is 6.92 Å². The third-order valence-corrected chi connectivity index (χ3v) is 3.13. The Labute approximate surface area is 120 Å². The number of rotatable bonds is 3. The summed E-state index contributed by atoms with van der Waals surface area (Å²) in [6.45, 7) is 4.24. The van der Waals surface area contributed by atoms with Gasteiger partial charge in [-0.3, -0.25) is 9.48 Å². The van der Waals surface area contributed by atoms with Crippen molar-refractivity contribution >= 4 is 28.4 Å². The largest absolute Gasteiger partial charge is 0.441 e. The highest BCUT2D eigenvalue weighted by molar-refractivity contribution is 6.06. The number of hydrogen-bond acceptors (Lipinski definition) is 5. The van der Waals surface area contributed by atoms with Crippen LogP contribution in [0.15, 0.2) is 28.8 Å². The predicted octanol–water partition coefficient (Wildman–Crippen LogP) is 2.19. The third-order valence-electron chi connectivity index (χ3n) is 3.13. The van der Waals surface area contributed by atoms with E-state index in [9.17, 15) is 4.79 Å². The Morgan fingerprint density at radius 2 is 2.29 bits per heavy atom. The van der Waals surface area contributed by atoms with E-state index >= 15 is 0 Å². The van der Waals surface area contributed by atoms with Crippen LogP contribution in [0.25, 0.3) is 11.1 Å². The maximum absolute atomic E-state index is 12.3. The van der Waals surface area contributed by atoms with Crippen molar-refractivity contribution in [3.8, 4) is 0 Å². The van der Waals surface area contributed by atoms with Gasteiger partial charge in [-0.25, -0.2) is 4.98 Å². The molecule has 0 radical (unpaired) electrons. The number of nitrogens with one attached hydrogen (secondary N) is 1. The van der Waals surface area contributed by atoms with Crippen molar-refractivity contribution in [2.24, 2.45) is 0 Å². The molecule has 2 aromatic heterocycles. The number of nitrogens with zero attached hydrogens (tertiary/aromatic N) is 3. The molecule has 2 heterocycles. The Kier molecular flexibility index (Phi) is 3.09. The van der Waals surface area contributed by atoms with Gasteiger partial charge in [0.25, 0.3) is 5.91 Å². The standard InChI is InChI=1S/C14H15N5O2/c1-3-19-13(10(15)7-16-19)14(20)18-9-4-5-12-11(6-9)17-8(2)21-12/h4-7H,3,15H2,1-2H3,(H,18,20). The zero-order valence-electron chi connectivity index (χ0n) is 11.8. The number of benzene rings is 1. The van der Waals surface area contributed by atoms with Crippen LogP contribution in [-0.2, 0) is 6.54 Å². The molecule has 0 unspecified atom stereocenters. The van der Waals surface area contributed by atoms with E-state index in [2.05, 4.69) is 15.4 Å². The first-order chi connectivity index (χ1) is 10.1. The Bertz CT molecular complexity index is 818.